The van der Waals surface area contributed by atoms with Crippen molar-refractivity contribution in [2.24, 2.45) is 0 Å². The number of fused-ring (bicyclic) bond motifs is 1. The minimum atomic E-state index is -0.301. The molecule has 0 saturated heterocycles. The number of aromatic nitrogens is 1. The van der Waals surface area contributed by atoms with E-state index in [9.17, 15) is 4.79 Å². The normalized spacial score (nSPS) is 11.1. The van der Waals surface area contributed by atoms with Crippen LogP contribution in [0.4, 0.5) is 0 Å². The molecule has 0 aliphatic carbocycles. The van der Waals surface area contributed by atoms with Gasteiger partial charge in [0.15, 0.2) is 16.5 Å². The molecular formula is C17H18N2O4S. The van der Waals surface area contributed by atoms with Gasteiger partial charge < -0.3 is 19.5 Å². The van der Waals surface area contributed by atoms with Gasteiger partial charge in [0, 0.05) is 19.7 Å². The van der Waals surface area contributed by atoms with Crippen LogP contribution in [0, 0.1) is 0 Å². The Balaban J connectivity index is 1.82. The zero-order chi connectivity index (χ0) is 16.9. The maximum absolute atomic E-state index is 12.5. The molecule has 1 aromatic carbocycles. The molecule has 126 valence electrons. The van der Waals surface area contributed by atoms with Crippen LogP contribution in [0.1, 0.15) is 17.0 Å². The molecule has 0 unspecified atom stereocenters. The summed E-state index contributed by atoms with van der Waals surface area (Å²) in [6.45, 7) is 0.427. The second kappa shape index (κ2) is 7.57. The molecule has 0 atom stereocenters. The lowest BCUT2D eigenvalue weighted by Crippen LogP contribution is -2.34. The first-order chi connectivity index (χ1) is 11.7. The lowest BCUT2D eigenvalue weighted by Gasteiger charge is -2.19. The van der Waals surface area contributed by atoms with Crippen molar-refractivity contribution in [2.75, 3.05) is 26.3 Å². The van der Waals surface area contributed by atoms with Crippen molar-refractivity contribution in [3.63, 3.8) is 0 Å². The van der Waals surface area contributed by atoms with Gasteiger partial charge in [0.25, 0.3) is 5.91 Å². The van der Waals surface area contributed by atoms with Crippen LogP contribution in [0.2, 0.25) is 0 Å². The highest BCUT2D eigenvalue weighted by Gasteiger charge is 2.20. The Kier molecular flexibility index (Phi) is 5.24. The van der Waals surface area contributed by atoms with Crippen molar-refractivity contribution < 1.29 is 19.4 Å². The second-order valence-electron chi connectivity index (χ2n) is 5.24. The molecule has 0 spiro atoms. The number of hydrogen-bond donors (Lipinski definition) is 2. The molecule has 24 heavy (non-hydrogen) atoms. The van der Waals surface area contributed by atoms with Gasteiger partial charge in [-0.25, -0.2) is 4.98 Å². The minimum Gasteiger partial charge on any atom is -0.448 e. The molecule has 6 nitrogen and oxygen atoms in total. The molecule has 7 heteroatoms. The highest BCUT2D eigenvalue weighted by Crippen LogP contribution is 2.31. The molecule has 0 bridgehead atoms. The summed E-state index contributed by atoms with van der Waals surface area (Å²) in [5, 5.41) is 18.7. The van der Waals surface area contributed by atoms with Crippen molar-refractivity contribution in [3.8, 4) is 10.8 Å². The summed E-state index contributed by atoms with van der Waals surface area (Å²) in [5.74, 6) is 0.450. The van der Waals surface area contributed by atoms with Gasteiger partial charge in [-0.1, -0.05) is 12.1 Å². The largest absolute Gasteiger partial charge is 0.448 e. The number of benzene rings is 1. The molecule has 0 saturated carbocycles. The summed E-state index contributed by atoms with van der Waals surface area (Å²) < 4.78 is 6.74. The summed E-state index contributed by atoms with van der Waals surface area (Å²) in [6.07, 6.45) is 0.456. The number of carbonyl (C=O) groups excluding carboxylic acids is 1. The van der Waals surface area contributed by atoms with E-state index in [1.165, 1.54) is 16.2 Å². The second-order valence-corrected chi connectivity index (χ2v) is 6.27. The Morgan fingerprint density at radius 1 is 1.12 bits per heavy atom. The Morgan fingerprint density at radius 3 is 2.71 bits per heavy atom. The van der Waals surface area contributed by atoms with Gasteiger partial charge in [-0.15, -0.1) is 11.3 Å². The predicted octanol–water partition coefficient (Wildman–Crippen LogP) is 2.37. The topological polar surface area (TPSA) is 86.8 Å². The Labute approximate surface area is 143 Å². The van der Waals surface area contributed by atoms with Gasteiger partial charge in [-0.3, -0.25) is 4.79 Å². The van der Waals surface area contributed by atoms with E-state index >= 15 is 0 Å². The van der Waals surface area contributed by atoms with E-state index in [0.717, 1.165) is 15.2 Å². The number of furan rings is 1. The highest BCUT2D eigenvalue weighted by atomic mass is 32.1. The van der Waals surface area contributed by atoms with E-state index < -0.39 is 0 Å². The minimum absolute atomic E-state index is 0.00961. The van der Waals surface area contributed by atoms with Crippen LogP contribution in [-0.2, 0) is 0 Å². The van der Waals surface area contributed by atoms with Gasteiger partial charge in [0.05, 0.1) is 16.8 Å². The average Bonchev–Trinajstić information content (AvgIpc) is 3.24. The number of thiazole rings is 1. The summed E-state index contributed by atoms with van der Waals surface area (Å²) in [6, 6.07) is 11.2. The Morgan fingerprint density at radius 2 is 1.96 bits per heavy atom. The van der Waals surface area contributed by atoms with E-state index in [1.54, 1.807) is 12.1 Å². The molecule has 0 aliphatic rings. The van der Waals surface area contributed by atoms with Crippen LogP contribution < -0.4 is 0 Å². The average molecular weight is 346 g/mol. The zero-order valence-corrected chi connectivity index (χ0v) is 13.8. The van der Waals surface area contributed by atoms with Gasteiger partial charge >= 0.3 is 0 Å². The number of aliphatic hydroxyl groups excluding tert-OH is 2. The van der Waals surface area contributed by atoms with Gasteiger partial charge in [-0.05, 0) is 30.7 Å². The first-order valence-corrected chi connectivity index (χ1v) is 8.51. The summed E-state index contributed by atoms with van der Waals surface area (Å²) in [4.78, 5) is 18.5. The fourth-order valence-corrected chi connectivity index (χ4v) is 3.33. The number of carbonyl (C=O) groups is 1. The van der Waals surface area contributed by atoms with Crippen LogP contribution in [0.25, 0.3) is 21.0 Å². The Hall–Kier alpha value is -2.22. The maximum atomic E-state index is 12.5. The summed E-state index contributed by atoms with van der Waals surface area (Å²) in [5.41, 5.74) is 0.895. The highest BCUT2D eigenvalue weighted by molar-refractivity contribution is 7.21. The molecular weight excluding hydrogens is 328 g/mol. The zero-order valence-electron chi connectivity index (χ0n) is 13.0. The lowest BCUT2D eigenvalue weighted by atomic mass is 10.3. The molecule has 0 fully saturated rings. The Bertz CT molecular complexity index is 794. The third-order valence-electron chi connectivity index (χ3n) is 3.56. The summed E-state index contributed by atoms with van der Waals surface area (Å²) >= 11 is 1.51. The quantitative estimate of drug-likeness (QED) is 0.686. The number of para-hydroxylation sites is 1. The molecule has 1 amide bonds. The lowest BCUT2D eigenvalue weighted by molar-refractivity contribution is 0.0679. The molecule has 3 rings (SSSR count). The van der Waals surface area contributed by atoms with Gasteiger partial charge in [0.1, 0.15) is 0 Å². The van der Waals surface area contributed by atoms with E-state index in [4.69, 9.17) is 14.6 Å². The van der Waals surface area contributed by atoms with E-state index in [0.29, 0.717) is 18.7 Å². The number of hydrogen-bond acceptors (Lipinski definition) is 6. The summed E-state index contributed by atoms with van der Waals surface area (Å²) in [7, 11) is 0. The monoisotopic (exact) mass is 346 g/mol. The molecule has 2 N–H and O–H groups in total. The van der Waals surface area contributed by atoms with E-state index in [-0.39, 0.29) is 31.4 Å². The SMILES string of the molecule is O=C(c1ccc(-c2nc3ccccc3s2)o1)N(CCO)CCCO. The van der Waals surface area contributed by atoms with Crippen molar-refractivity contribution >= 4 is 27.5 Å². The van der Waals surface area contributed by atoms with Gasteiger partial charge in [-0.2, -0.15) is 0 Å². The molecule has 0 aliphatic heterocycles. The van der Waals surface area contributed by atoms with Gasteiger partial charge in [0.2, 0.25) is 0 Å². The maximum Gasteiger partial charge on any atom is 0.289 e. The van der Waals surface area contributed by atoms with Crippen molar-refractivity contribution in [2.45, 2.75) is 6.42 Å². The molecule has 2 aromatic heterocycles. The third-order valence-corrected chi connectivity index (χ3v) is 4.62. The van der Waals surface area contributed by atoms with Crippen LogP contribution in [-0.4, -0.2) is 52.3 Å². The third kappa shape index (κ3) is 3.48. The van der Waals surface area contributed by atoms with Crippen molar-refractivity contribution in [1.82, 2.24) is 9.88 Å². The molecule has 3 aromatic rings. The van der Waals surface area contributed by atoms with E-state index in [1.807, 2.05) is 24.3 Å². The smallest absolute Gasteiger partial charge is 0.289 e. The first-order valence-electron chi connectivity index (χ1n) is 7.69. The predicted molar refractivity (Wildman–Crippen MR) is 92.0 cm³/mol. The van der Waals surface area contributed by atoms with Crippen LogP contribution >= 0.6 is 11.3 Å². The number of nitrogens with zero attached hydrogens (tertiary/aromatic N) is 2. The molecule has 0 radical (unpaired) electrons. The first kappa shape index (κ1) is 16.6. The fraction of sp³-hybridized carbons (Fsp3) is 0.294. The van der Waals surface area contributed by atoms with Crippen molar-refractivity contribution in [3.05, 3.63) is 42.2 Å². The van der Waals surface area contributed by atoms with Crippen LogP contribution in [0.15, 0.2) is 40.8 Å². The van der Waals surface area contributed by atoms with Crippen LogP contribution in [0.3, 0.4) is 0 Å². The fourth-order valence-electron chi connectivity index (χ4n) is 2.40. The number of aliphatic hydroxyl groups is 2. The number of rotatable bonds is 7. The van der Waals surface area contributed by atoms with Crippen LogP contribution in [0.5, 0.6) is 0 Å². The standard InChI is InChI=1S/C17H18N2O4S/c20-10-3-8-19(9-11-21)17(22)14-7-6-13(23-14)16-18-12-4-1-2-5-15(12)24-16/h1-2,4-7,20-21H,3,8-11H2. The van der Waals surface area contributed by atoms with E-state index in [2.05, 4.69) is 4.98 Å². The molecule has 2 heterocycles. The van der Waals surface area contributed by atoms with Crippen molar-refractivity contribution in [1.29, 1.82) is 0 Å². The number of amides is 1.